The van der Waals surface area contributed by atoms with E-state index in [4.69, 9.17) is 9.47 Å². The summed E-state index contributed by atoms with van der Waals surface area (Å²) in [4.78, 5) is 12.1. The van der Waals surface area contributed by atoms with E-state index in [0.717, 1.165) is 16.7 Å². The molecule has 3 rings (SSSR count). The number of ether oxygens (including phenoxy) is 2. The molecule has 0 aliphatic rings. The van der Waals surface area contributed by atoms with Gasteiger partial charge < -0.3 is 9.47 Å². The Kier molecular flexibility index (Phi) is 7.00. The van der Waals surface area contributed by atoms with Crippen molar-refractivity contribution in [3.8, 4) is 11.5 Å². The lowest BCUT2D eigenvalue weighted by atomic mass is 10.1. The second-order valence-corrected chi connectivity index (χ2v) is 6.61. The molecule has 0 spiro atoms. The van der Waals surface area contributed by atoms with Crippen molar-refractivity contribution in [2.75, 3.05) is 7.11 Å². The number of nitrogens with zero attached hydrogens (tertiary/aromatic N) is 1. The molecular formula is C24H24N2O3. The van der Waals surface area contributed by atoms with Crippen molar-refractivity contribution in [2.45, 2.75) is 20.0 Å². The van der Waals surface area contributed by atoms with Crippen LogP contribution in [-0.4, -0.2) is 19.2 Å². The van der Waals surface area contributed by atoms with Gasteiger partial charge >= 0.3 is 0 Å². The van der Waals surface area contributed by atoms with Gasteiger partial charge in [0.15, 0.2) is 11.5 Å². The van der Waals surface area contributed by atoms with Crippen LogP contribution >= 0.6 is 0 Å². The number of methoxy groups -OCH3 is 1. The molecule has 0 radical (unpaired) electrons. The fourth-order valence-electron chi connectivity index (χ4n) is 2.90. The lowest BCUT2D eigenvalue weighted by Crippen LogP contribution is -2.19. The molecule has 29 heavy (non-hydrogen) atoms. The van der Waals surface area contributed by atoms with Gasteiger partial charge in [0.1, 0.15) is 6.61 Å². The summed E-state index contributed by atoms with van der Waals surface area (Å²) >= 11 is 0. The van der Waals surface area contributed by atoms with Crippen LogP contribution in [0.15, 0.2) is 77.9 Å². The minimum atomic E-state index is -0.183. The molecule has 1 N–H and O–H groups in total. The zero-order chi connectivity index (χ0) is 20.5. The van der Waals surface area contributed by atoms with Crippen LogP contribution in [0.1, 0.15) is 22.3 Å². The van der Waals surface area contributed by atoms with Crippen LogP contribution in [-0.2, 0) is 17.8 Å². The number of rotatable bonds is 8. The monoisotopic (exact) mass is 388 g/mol. The number of carbonyl (C=O) groups excluding carboxylic acids is 1. The van der Waals surface area contributed by atoms with Crippen molar-refractivity contribution in [1.29, 1.82) is 0 Å². The van der Waals surface area contributed by atoms with Crippen LogP contribution in [0.2, 0.25) is 0 Å². The molecule has 0 saturated heterocycles. The minimum Gasteiger partial charge on any atom is -0.493 e. The molecular weight excluding hydrogens is 364 g/mol. The van der Waals surface area contributed by atoms with Crippen molar-refractivity contribution >= 4 is 12.1 Å². The third-order valence-electron chi connectivity index (χ3n) is 4.30. The fraction of sp³-hybridized carbons (Fsp3) is 0.167. The molecule has 3 aromatic carbocycles. The van der Waals surface area contributed by atoms with E-state index in [2.05, 4.69) is 16.6 Å². The Bertz CT molecular complexity index is 984. The van der Waals surface area contributed by atoms with Crippen molar-refractivity contribution in [3.05, 3.63) is 95.1 Å². The van der Waals surface area contributed by atoms with E-state index in [1.54, 1.807) is 13.3 Å². The maximum absolute atomic E-state index is 12.1. The molecule has 0 fully saturated rings. The first-order chi connectivity index (χ1) is 14.2. The number of para-hydroxylation sites is 1. The van der Waals surface area contributed by atoms with Gasteiger partial charge in [0, 0.05) is 5.56 Å². The highest BCUT2D eigenvalue weighted by atomic mass is 16.5. The number of carbonyl (C=O) groups is 1. The van der Waals surface area contributed by atoms with Gasteiger partial charge in [-0.05, 0) is 30.2 Å². The summed E-state index contributed by atoms with van der Waals surface area (Å²) in [5, 5.41) is 4.08. The lowest BCUT2D eigenvalue weighted by molar-refractivity contribution is -0.120. The second-order valence-electron chi connectivity index (χ2n) is 6.61. The van der Waals surface area contributed by atoms with E-state index >= 15 is 0 Å². The second kappa shape index (κ2) is 10.1. The first-order valence-electron chi connectivity index (χ1n) is 9.37. The summed E-state index contributed by atoms with van der Waals surface area (Å²) in [6.07, 6.45) is 1.84. The first-order valence-corrected chi connectivity index (χ1v) is 9.37. The quantitative estimate of drug-likeness (QED) is 0.463. The number of benzene rings is 3. The number of aryl methyl sites for hydroxylation is 1. The van der Waals surface area contributed by atoms with Crippen molar-refractivity contribution in [3.63, 3.8) is 0 Å². The molecule has 0 atom stereocenters. The Morgan fingerprint density at radius 2 is 1.76 bits per heavy atom. The summed E-state index contributed by atoms with van der Waals surface area (Å²) in [5.41, 5.74) is 6.45. The van der Waals surface area contributed by atoms with Gasteiger partial charge in [0.2, 0.25) is 5.91 Å². The number of hydrogen-bond acceptors (Lipinski definition) is 4. The summed E-state index contributed by atoms with van der Waals surface area (Å²) in [7, 11) is 1.59. The Morgan fingerprint density at radius 1 is 1.00 bits per heavy atom. The number of amides is 1. The summed E-state index contributed by atoms with van der Waals surface area (Å²) in [6, 6.07) is 23.2. The summed E-state index contributed by atoms with van der Waals surface area (Å²) in [6.45, 7) is 2.45. The highest BCUT2D eigenvalue weighted by Gasteiger charge is 2.10. The standard InChI is InChI=1S/C24H24N2O3/c1-18-8-6-11-20(14-18)17-29-24-21(12-7-13-22(24)28-2)16-25-26-23(27)15-19-9-4-3-5-10-19/h3-14,16H,15,17H2,1-2H3,(H,26,27)/b25-16-. The molecule has 148 valence electrons. The van der Waals surface area contributed by atoms with Crippen LogP contribution in [0.4, 0.5) is 0 Å². The third-order valence-corrected chi connectivity index (χ3v) is 4.30. The van der Waals surface area contributed by atoms with E-state index in [0.29, 0.717) is 18.1 Å². The van der Waals surface area contributed by atoms with Crippen LogP contribution in [0.3, 0.4) is 0 Å². The molecule has 0 aromatic heterocycles. The Labute approximate surface area is 171 Å². The van der Waals surface area contributed by atoms with Gasteiger partial charge in [-0.1, -0.05) is 66.2 Å². The largest absolute Gasteiger partial charge is 0.493 e. The topological polar surface area (TPSA) is 59.9 Å². The van der Waals surface area contributed by atoms with E-state index in [1.165, 1.54) is 5.56 Å². The molecule has 0 saturated carbocycles. The highest BCUT2D eigenvalue weighted by molar-refractivity contribution is 5.86. The van der Waals surface area contributed by atoms with Crippen molar-refractivity contribution in [1.82, 2.24) is 5.43 Å². The molecule has 3 aromatic rings. The molecule has 0 bridgehead atoms. The van der Waals surface area contributed by atoms with Crippen LogP contribution in [0.25, 0.3) is 0 Å². The lowest BCUT2D eigenvalue weighted by Gasteiger charge is -2.13. The summed E-state index contributed by atoms with van der Waals surface area (Å²) in [5.74, 6) is 1.01. The normalized spacial score (nSPS) is 10.7. The van der Waals surface area contributed by atoms with Gasteiger partial charge in [-0.2, -0.15) is 5.10 Å². The van der Waals surface area contributed by atoms with E-state index in [-0.39, 0.29) is 12.3 Å². The fourth-order valence-corrected chi connectivity index (χ4v) is 2.90. The molecule has 0 heterocycles. The molecule has 5 heteroatoms. The van der Waals surface area contributed by atoms with E-state index in [1.807, 2.05) is 73.7 Å². The predicted octanol–water partition coefficient (Wildman–Crippen LogP) is 4.28. The van der Waals surface area contributed by atoms with Crippen molar-refractivity contribution in [2.24, 2.45) is 5.10 Å². The maximum Gasteiger partial charge on any atom is 0.244 e. The maximum atomic E-state index is 12.1. The van der Waals surface area contributed by atoms with Crippen LogP contribution < -0.4 is 14.9 Å². The first kappa shape index (κ1) is 20.1. The third kappa shape index (κ3) is 5.94. The van der Waals surface area contributed by atoms with Gasteiger partial charge in [0.25, 0.3) is 0 Å². The molecule has 0 aliphatic heterocycles. The Morgan fingerprint density at radius 3 is 2.52 bits per heavy atom. The van der Waals surface area contributed by atoms with E-state index < -0.39 is 0 Å². The Hall–Kier alpha value is -3.60. The average molecular weight is 388 g/mol. The molecule has 1 amide bonds. The number of hydrogen-bond donors (Lipinski definition) is 1. The molecule has 0 unspecified atom stereocenters. The smallest absolute Gasteiger partial charge is 0.244 e. The highest BCUT2D eigenvalue weighted by Crippen LogP contribution is 2.30. The zero-order valence-corrected chi connectivity index (χ0v) is 16.6. The van der Waals surface area contributed by atoms with Gasteiger partial charge in [0.05, 0.1) is 19.7 Å². The Balaban J connectivity index is 1.68. The van der Waals surface area contributed by atoms with Crippen LogP contribution in [0.5, 0.6) is 11.5 Å². The minimum absolute atomic E-state index is 0.183. The average Bonchev–Trinajstić information content (AvgIpc) is 2.73. The molecule has 5 nitrogen and oxygen atoms in total. The predicted molar refractivity (Wildman–Crippen MR) is 114 cm³/mol. The zero-order valence-electron chi connectivity index (χ0n) is 16.6. The number of hydrazone groups is 1. The van der Waals surface area contributed by atoms with Gasteiger partial charge in [-0.25, -0.2) is 5.43 Å². The van der Waals surface area contributed by atoms with Gasteiger partial charge in [-0.3, -0.25) is 4.79 Å². The molecule has 0 aliphatic carbocycles. The van der Waals surface area contributed by atoms with E-state index in [9.17, 15) is 4.79 Å². The number of nitrogens with one attached hydrogen (secondary N) is 1. The van der Waals surface area contributed by atoms with Gasteiger partial charge in [-0.15, -0.1) is 0 Å². The SMILES string of the molecule is COc1cccc(/C=N\NC(=O)Cc2ccccc2)c1OCc1cccc(C)c1. The van der Waals surface area contributed by atoms with Crippen LogP contribution in [0, 0.1) is 6.92 Å². The summed E-state index contributed by atoms with van der Waals surface area (Å²) < 4.78 is 11.5. The van der Waals surface area contributed by atoms with Crippen molar-refractivity contribution < 1.29 is 14.3 Å².